The van der Waals surface area contributed by atoms with E-state index in [0.717, 1.165) is 11.8 Å². The molecular weight excluding hydrogens is 196 g/mol. The van der Waals surface area contributed by atoms with Gasteiger partial charge in [0.1, 0.15) is 0 Å². The van der Waals surface area contributed by atoms with Crippen LogP contribution in [0.4, 0.5) is 0 Å². The predicted molar refractivity (Wildman–Crippen MR) is 71.8 cm³/mol. The van der Waals surface area contributed by atoms with E-state index in [1.807, 2.05) is 0 Å². The molecule has 96 valence electrons. The summed E-state index contributed by atoms with van der Waals surface area (Å²) in [5.74, 6) is 1.76. The van der Waals surface area contributed by atoms with E-state index in [1.54, 1.807) is 0 Å². The highest BCUT2D eigenvalue weighted by atomic mass is 15.1. The fourth-order valence-corrected chi connectivity index (χ4v) is 2.55. The van der Waals surface area contributed by atoms with Gasteiger partial charge in [0.15, 0.2) is 0 Å². The highest BCUT2D eigenvalue weighted by molar-refractivity contribution is 4.72. The smallest absolute Gasteiger partial charge is 0.00187 e. The van der Waals surface area contributed by atoms with Crippen molar-refractivity contribution in [3.63, 3.8) is 0 Å². The minimum Gasteiger partial charge on any atom is -0.316 e. The molecule has 1 aliphatic heterocycles. The summed E-state index contributed by atoms with van der Waals surface area (Å²) in [6.07, 6.45) is 6.92. The third kappa shape index (κ3) is 6.49. The second-order valence-electron chi connectivity index (χ2n) is 5.86. The monoisotopic (exact) mass is 226 g/mol. The molecule has 0 amide bonds. The van der Waals surface area contributed by atoms with E-state index in [0.29, 0.717) is 0 Å². The number of nitrogens with zero attached hydrogens (tertiary/aromatic N) is 1. The van der Waals surface area contributed by atoms with Crippen molar-refractivity contribution in [2.24, 2.45) is 11.8 Å². The van der Waals surface area contributed by atoms with Crippen molar-refractivity contribution in [3.05, 3.63) is 0 Å². The lowest BCUT2D eigenvalue weighted by Gasteiger charge is -2.29. The summed E-state index contributed by atoms with van der Waals surface area (Å²) in [6, 6.07) is 0. The molecule has 0 aromatic carbocycles. The maximum absolute atomic E-state index is 3.62. The molecule has 1 N–H and O–H groups in total. The Morgan fingerprint density at radius 3 is 2.81 bits per heavy atom. The third-order valence-corrected chi connectivity index (χ3v) is 3.54. The van der Waals surface area contributed by atoms with E-state index < -0.39 is 0 Å². The summed E-state index contributed by atoms with van der Waals surface area (Å²) in [6.45, 7) is 9.65. The molecule has 1 aliphatic rings. The van der Waals surface area contributed by atoms with Crippen molar-refractivity contribution in [2.75, 3.05) is 33.2 Å². The van der Waals surface area contributed by atoms with Crippen LogP contribution in [0.3, 0.4) is 0 Å². The normalized spacial score (nSPS) is 22.9. The van der Waals surface area contributed by atoms with Gasteiger partial charge in [0.2, 0.25) is 0 Å². The molecule has 1 saturated heterocycles. The Bertz CT molecular complexity index is 168. The minimum absolute atomic E-state index is 0.868. The Hall–Kier alpha value is -0.0800. The molecule has 2 heteroatoms. The average molecular weight is 226 g/mol. The van der Waals surface area contributed by atoms with Gasteiger partial charge in [-0.25, -0.2) is 0 Å². The Labute approximate surface area is 102 Å². The van der Waals surface area contributed by atoms with Gasteiger partial charge >= 0.3 is 0 Å². The van der Waals surface area contributed by atoms with Crippen LogP contribution in [0.15, 0.2) is 0 Å². The van der Waals surface area contributed by atoms with E-state index in [-0.39, 0.29) is 0 Å². The molecule has 1 fully saturated rings. The topological polar surface area (TPSA) is 15.3 Å². The first-order valence-electron chi connectivity index (χ1n) is 7.07. The molecular formula is C14H30N2. The molecule has 1 unspecified atom stereocenters. The molecule has 16 heavy (non-hydrogen) atoms. The second-order valence-corrected chi connectivity index (χ2v) is 5.86. The van der Waals surface area contributed by atoms with Crippen molar-refractivity contribution < 1.29 is 0 Å². The van der Waals surface area contributed by atoms with Crippen LogP contribution in [0, 0.1) is 11.8 Å². The van der Waals surface area contributed by atoms with Crippen LogP contribution in [0.1, 0.15) is 46.0 Å². The third-order valence-electron chi connectivity index (χ3n) is 3.54. The zero-order valence-corrected chi connectivity index (χ0v) is 11.5. The maximum Gasteiger partial charge on any atom is 0.00187 e. The first-order valence-corrected chi connectivity index (χ1v) is 7.07. The summed E-state index contributed by atoms with van der Waals surface area (Å²) < 4.78 is 0. The largest absolute Gasteiger partial charge is 0.316 e. The highest BCUT2D eigenvalue weighted by Gasteiger charge is 2.16. The lowest BCUT2D eigenvalue weighted by Crippen LogP contribution is -2.37. The van der Waals surface area contributed by atoms with Gasteiger partial charge in [0.25, 0.3) is 0 Å². The molecule has 0 radical (unpaired) electrons. The van der Waals surface area contributed by atoms with Gasteiger partial charge in [-0.05, 0) is 57.8 Å². The van der Waals surface area contributed by atoms with E-state index in [2.05, 4.69) is 31.1 Å². The van der Waals surface area contributed by atoms with Crippen LogP contribution in [-0.2, 0) is 0 Å². The van der Waals surface area contributed by atoms with Crippen molar-refractivity contribution in [1.29, 1.82) is 0 Å². The van der Waals surface area contributed by atoms with Crippen LogP contribution in [0.25, 0.3) is 0 Å². The van der Waals surface area contributed by atoms with Gasteiger partial charge < -0.3 is 10.2 Å². The summed E-state index contributed by atoms with van der Waals surface area (Å²) in [5.41, 5.74) is 0. The quantitative estimate of drug-likeness (QED) is 0.672. The Morgan fingerprint density at radius 2 is 2.12 bits per heavy atom. The predicted octanol–water partition coefficient (Wildman–Crippen LogP) is 2.74. The number of hydrogen-bond donors (Lipinski definition) is 1. The number of rotatable bonds is 7. The molecule has 0 aromatic heterocycles. The molecule has 0 saturated carbocycles. The van der Waals surface area contributed by atoms with Gasteiger partial charge in [-0.1, -0.05) is 26.7 Å². The minimum atomic E-state index is 0.868. The highest BCUT2D eigenvalue weighted by Crippen LogP contribution is 2.13. The Balaban J connectivity index is 1.90. The summed E-state index contributed by atoms with van der Waals surface area (Å²) in [5, 5.41) is 3.62. The van der Waals surface area contributed by atoms with Crippen molar-refractivity contribution in [2.45, 2.75) is 46.0 Å². The lowest BCUT2D eigenvalue weighted by molar-refractivity contribution is 0.206. The van der Waals surface area contributed by atoms with E-state index in [4.69, 9.17) is 0 Å². The Kier molecular flexibility index (Phi) is 7.06. The van der Waals surface area contributed by atoms with Crippen molar-refractivity contribution in [1.82, 2.24) is 10.2 Å². The molecule has 0 aliphatic carbocycles. The van der Waals surface area contributed by atoms with E-state index in [1.165, 1.54) is 58.3 Å². The van der Waals surface area contributed by atoms with Crippen LogP contribution < -0.4 is 5.32 Å². The van der Waals surface area contributed by atoms with E-state index in [9.17, 15) is 0 Å². The molecule has 2 nitrogen and oxygen atoms in total. The van der Waals surface area contributed by atoms with Gasteiger partial charge in [-0.3, -0.25) is 0 Å². The van der Waals surface area contributed by atoms with Gasteiger partial charge in [-0.15, -0.1) is 0 Å². The van der Waals surface area contributed by atoms with Crippen molar-refractivity contribution >= 4 is 0 Å². The van der Waals surface area contributed by atoms with E-state index >= 15 is 0 Å². The summed E-state index contributed by atoms with van der Waals surface area (Å²) >= 11 is 0. The van der Waals surface area contributed by atoms with Crippen LogP contribution in [0.5, 0.6) is 0 Å². The van der Waals surface area contributed by atoms with Gasteiger partial charge in [-0.2, -0.15) is 0 Å². The number of piperidine rings is 1. The number of unbranched alkanes of at least 4 members (excludes halogenated alkanes) is 1. The van der Waals surface area contributed by atoms with Crippen LogP contribution >= 0.6 is 0 Å². The lowest BCUT2D eigenvalue weighted by atomic mass is 9.98. The maximum atomic E-state index is 3.62. The zero-order chi connectivity index (χ0) is 11.8. The van der Waals surface area contributed by atoms with Gasteiger partial charge in [0, 0.05) is 6.54 Å². The molecule has 0 aromatic rings. The molecule has 0 spiro atoms. The standard InChI is InChI=1S/C14H30N2/c1-13(2)7-4-5-9-15-11-14-8-6-10-16(3)12-14/h13-15H,4-12H2,1-3H3. The SMILES string of the molecule is CC(C)CCCCNCC1CCCN(C)C1. The van der Waals surface area contributed by atoms with Crippen LogP contribution in [-0.4, -0.2) is 38.1 Å². The number of likely N-dealkylation sites (tertiary alicyclic amines) is 1. The zero-order valence-electron chi connectivity index (χ0n) is 11.5. The summed E-state index contributed by atoms with van der Waals surface area (Å²) in [7, 11) is 2.24. The van der Waals surface area contributed by atoms with Crippen molar-refractivity contribution in [3.8, 4) is 0 Å². The van der Waals surface area contributed by atoms with Gasteiger partial charge in [0.05, 0.1) is 0 Å². The second kappa shape index (κ2) is 8.08. The first kappa shape index (κ1) is 14.0. The number of hydrogen-bond acceptors (Lipinski definition) is 2. The first-order chi connectivity index (χ1) is 7.68. The summed E-state index contributed by atoms with van der Waals surface area (Å²) in [4.78, 5) is 2.47. The molecule has 1 heterocycles. The number of nitrogens with one attached hydrogen (secondary N) is 1. The average Bonchev–Trinajstić information content (AvgIpc) is 2.23. The fraction of sp³-hybridized carbons (Fsp3) is 1.00. The Morgan fingerprint density at radius 1 is 1.31 bits per heavy atom. The molecule has 1 rings (SSSR count). The van der Waals surface area contributed by atoms with Crippen LogP contribution in [0.2, 0.25) is 0 Å². The fourth-order valence-electron chi connectivity index (χ4n) is 2.55. The molecule has 1 atom stereocenters. The molecule has 0 bridgehead atoms.